The van der Waals surface area contributed by atoms with Gasteiger partial charge in [0.05, 0.1) is 43.3 Å². The molecule has 4 aromatic rings. The zero-order valence-corrected chi connectivity index (χ0v) is 24.9. The number of hydrogen-bond acceptors (Lipinski definition) is 8. The molecule has 2 aromatic heterocycles. The van der Waals surface area contributed by atoms with Gasteiger partial charge in [0.15, 0.2) is 10.0 Å². The maximum absolute atomic E-state index is 11.9. The van der Waals surface area contributed by atoms with E-state index in [0.717, 1.165) is 69.3 Å². The number of benzene rings is 2. The number of primary amides is 2. The standard InChI is InChI=1S/C28H26Cl2N6O2S2/c1-35-11-9-17-23(39-27(33-17)25(31)37)21(35)15-7-3-5-13(19(15)29)14-6-4-8-16(20(14)30)22-24-18(10-12-36(22)2)34-28(40-24)26(32)38/h3-8,21-22H,9-12H2,1-2H3,(H2,31,37)(H2,32,38). The Labute approximate surface area is 249 Å². The van der Waals surface area contributed by atoms with Crippen LogP contribution in [0.5, 0.6) is 0 Å². The minimum atomic E-state index is -0.524. The van der Waals surface area contributed by atoms with Crippen molar-refractivity contribution in [3.8, 4) is 11.1 Å². The fraction of sp³-hybridized carbons (Fsp3) is 0.286. The molecule has 4 N–H and O–H groups in total. The van der Waals surface area contributed by atoms with Gasteiger partial charge in [0.1, 0.15) is 0 Å². The van der Waals surface area contributed by atoms with E-state index in [1.54, 1.807) is 0 Å². The lowest BCUT2D eigenvalue weighted by Crippen LogP contribution is -2.32. The van der Waals surface area contributed by atoms with Gasteiger partial charge in [0.2, 0.25) is 0 Å². The Kier molecular flexibility index (Phi) is 7.18. The average Bonchev–Trinajstić information content (AvgIpc) is 3.55. The second kappa shape index (κ2) is 10.5. The van der Waals surface area contributed by atoms with E-state index < -0.39 is 11.8 Å². The van der Waals surface area contributed by atoms with Crippen LogP contribution in [0.15, 0.2) is 36.4 Å². The van der Waals surface area contributed by atoms with Crippen molar-refractivity contribution in [2.24, 2.45) is 11.5 Å². The maximum atomic E-state index is 11.9. The Hall–Kier alpha value is -2.86. The summed E-state index contributed by atoms with van der Waals surface area (Å²) in [5, 5.41) is 1.80. The number of nitrogens with two attached hydrogens (primary N) is 2. The highest BCUT2D eigenvalue weighted by atomic mass is 35.5. The molecule has 206 valence electrons. The number of thiazole rings is 2. The van der Waals surface area contributed by atoms with Crippen molar-refractivity contribution in [1.29, 1.82) is 0 Å². The summed E-state index contributed by atoms with van der Waals surface area (Å²) in [6.45, 7) is 1.55. The predicted molar refractivity (Wildman–Crippen MR) is 160 cm³/mol. The molecule has 0 fully saturated rings. The number of carbonyl (C=O) groups is 2. The highest BCUT2D eigenvalue weighted by molar-refractivity contribution is 7.14. The summed E-state index contributed by atoms with van der Waals surface area (Å²) in [6.07, 6.45) is 1.48. The lowest BCUT2D eigenvalue weighted by Gasteiger charge is -2.33. The van der Waals surface area contributed by atoms with Crippen LogP contribution >= 0.6 is 45.9 Å². The zero-order valence-electron chi connectivity index (χ0n) is 21.8. The van der Waals surface area contributed by atoms with Gasteiger partial charge in [-0.15, -0.1) is 22.7 Å². The van der Waals surface area contributed by atoms with E-state index in [1.165, 1.54) is 22.7 Å². The summed E-state index contributed by atoms with van der Waals surface area (Å²) >= 11 is 17.0. The van der Waals surface area contributed by atoms with Gasteiger partial charge in [-0.2, -0.15) is 0 Å². The van der Waals surface area contributed by atoms with Gasteiger partial charge < -0.3 is 11.5 Å². The Morgan fingerprint density at radius 3 is 1.55 bits per heavy atom. The van der Waals surface area contributed by atoms with Crippen LogP contribution in [0.1, 0.15) is 64.0 Å². The molecule has 0 radical (unpaired) electrons. The lowest BCUT2D eigenvalue weighted by molar-refractivity contribution is 0.0991. The zero-order chi connectivity index (χ0) is 28.3. The first kappa shape index (κ1) is 27.3. The van der Waals surface area contributed by atoms with Gasteiger partial charge in [0, 0.05) is 37.1 Å². The second-order valence-electron chi connectivity index (χ2n) is 10.1. The van der Waals surface area contributed by atoms with E-state index in [4.69, 9.17) is 34.7 Å². The lowest BCUT2D eigenvalue weighted by atomic mass is 9.92. The molecule has 4 heterocycles. The molecule has 0 saturated carbocycles. The van der Waals surface area contributed by atoms with Gasteiger partial charge >= 0.3 is 0 Å². The topological polar surface area (TPSA) is 118 Å². The van der Waals surface area contributed by atoms with Crippen LogP contribution in [0.3, 0.4) is 0 Å². The van der Waals surface area contributed by atoms with Crippen molar-refractivity contribution in [2.75, 3.05) is 27.2 Å². The van der Waals surface area contributed by atoms with E-state index in [0.29, 0.717) is 20.1 Å². The van der Waals surface area contributed by atoms with Crippen LogP contribution in [0, 0.1) is 0 Å². The van der Waals surface area contributed by atoms with Crippen molar-refractivity contribution in [1.82, 2.24) is 19.8 Å². The fourth-order valence-corrected chi connectivity index (χ4v) is 8.60. The first-order valence-corrected chi connectivity index (χ1v) is 15.1. The van der Waals surface area contributed by atoms with Crippen molar-refractivity contribution in [3.05, 3.63) is 88.7 Å². The van der Waals surface area contributed by atoms with Crippen LogP contribution in [-0.2, 0) is 12.8 Å². The number of aromatic nitrogens is 2. The summed E-state index contributed by atoms with van der Waals surface area (Å²) in [6, 6.07) is 11.6. The molecule has 0 saturated heterocycles. The number of amides is 2. The summed E-state index contributed by atoms with van der Waals surface area (Å²) in [5.41, 5.74) is 16.3. The number of hydrogen-bond donors (Lipinski definition) is 2. The highest BCUT2D eigenvalue weighted by Gasteiger charge is 2.35. The van der Waals surface area contributed by atoms with E-state index in [9.17, 15) is 9.59 Å². The normalized spacial score (nSPS) is 19.3. The van der Waals surface area contributed by atoms with E-state index in [1.807, 2.05) is 50.5 Å². The van der Waals surface area contributed by atoms with Crippen LogP contribution in [0.2, 0.25) is 10.0 Å². The monoisotopic (exact) mass is 612 g/mol. The van der Waals surface area contributed by atoms with Gasteiger partial charge in [-0.1, -0.05) is 59.6 Å². The van der Waals surface area contributed by atoms with Crippen LogP contribution in [0.25, 0.3) is 11.1 Å². The molecule has 8 nitrogen and oxygen atoms in total. The molecule has 12 heteroatoms. The van der Waals surface area contributed by atoms with Crippen molar-refractivity contribution in [3.63, 3.8) is 0 Å². The molecule has 2 atom stereocenters. The van der Waals surface area contributed by atoms with Crippen LogP contribution < -0.4 is 11.5 Å². The van der Waals surface area contributed by atoms with Crippen molar-refractivity contribution in [2.45, 2.75) is 24.9 Å². The molecule has 40 heavy (non-hydrogen) atoms. The Morgan fingerprint density at radius 1 is 0.775 bits per heavy atom. The molecule has 2 aromatic carbocycles. The summed E-state index contributed by atoms with van der Waals surface area (Å²) in [4.78, 5) is 39.1. The first-order valence-electron chi connectivity index (χ1n) is 12.7. The number of rotatable bonds is 5. The van der Waals surface area contributed by atoms with Crippen LogP contribution in [-0.4, -0.2) is 58.8 Å². The third-order valence-corrected chi connectivity index (χ3v) is 10.8. The molecule has 2 amide bonds. The van der Waals surface area contributed by atoms with Crippen LogP contribution in [0.4, 0.5) is 0 Å². The average molecular weight is 614 g/mol. The summed E-state index contributed by atoms with van der Waals surface area (Å²) in [5.74, 6) is -1.05. The van der Waals surface area contributed by atoms with E-state index in [2.05, 4.69) is 19.8 Å². The molecule has 2 aliphatic heterocycles. The fourth-order valence-electron chi connectivity index (χ4n) is 5.64. The second-order valence-corrected chi connectivity index (χ2v) is 12.9. The molecule has 0 bridgehead atoms. The SMILES string of the molecule is CN1CCc2nc(C(N)=O)sc2C1c1cccc(-c2cccc(C3c4sc(C(N)=O)nc4CCN3C)c2Cl)c1Cl. The minimum absolute atomic E-state index is 0.166. The number of fused-ring (bicyclic) bond motifs is 2. The number of halogens is 2. The predicted octanol–water partition coefficient (Wildman–Crippen LogP) is 4.93. The summed E-state index contributed by atoms with van der Waals surface area (Å²) in [7, 11) is 4.08. The summed E-state index contributed by atoms with van der Waals surface area (Å²) < 4.78 is 0. The molecular weight excluding hydrogens is 587 g/mol. The minimum Gasteiger partial charge on any atom is -0.364 e. The molecule has 2 unspecified atom stereocenters. The van der Waals surface area contributed by atoms with Gasteiger partial charge in [-0.25, -0.2) is 9.97 Å². The Bertz CT molecular complexity index is 1550. The Balaban J connectivity index is 1.45. The molecule has 6 rings (SSSR count). The van der Waals surface area contributed by atoms with Gasteiger partial charge in [-0.3, -0.25) is 19.4 Å². The smallest absolute Gasteiger partial charge is 0.277 e. The van der Waals surface area contributed by atoms with Crippen molar-refractivity contribution < 1.29 is 9.59 Å². The van der Waals surface area contributed by atoms with E-state index >= 15 is 0 Å². The van der Waals surface area contributed by atoms with Gasteiger partial charge in [0.25, 0.3) is 11.8 Å². The third kappa shape index (κ3) is 4.52. The third-order valence-electron chi connectivity index (χ3n) is 7.59. The quantitative estimate of drug-likeness (QED) is 0.330. The molecule has 0 aliphatic carbocycles. The molecule has 0 spiro atoms. The number of carbonyl (C=O) groups excluding carboxylic acids is 2. The largest absolute Gasteiger partial charge is 0.364 e. The highest BCUT2D eigenvalue weighted by Crippen LogP contribution is 2.47. The van der Waals surface area contributed by atoms with E-state index in [-0.39, 0.29) is 12.1 Å². The Morgan fingerprint density at radius 2 is 1.18 bits per heavy atom. The number of nitrogens with zero attached hydrogens (tertiary/aromatic N) is 4. The maximum Gasteiger partial charge on any atom is 0.277 e. The molecule has 2 aliphatic rings. The molecular formula is C28H26Cl2N6O2S2. The van der Waals surface area contributed by atoms with Crippen molar-refractivity contribution >= 4 is 57.7 Å². The first-order chi connectivity index (χ1) is 19.2. The van der Waals surface area contributed by atoms with Gasteiger partial charge in [-0.05, 0) is 25.2 Å². The number of likely N-dealkylation sites (N-methyl/N-ethyl adjacent to an activating group) is 2.